The average Bonchev–Trinajstić information content (AvgIpc) is 3.04. The summed E-state index contributed by atoms with van der Waals surface area (Å²) in [6.45, 7) is 5.57. The number of hydrogen-bond donors (Lipinski definition) is 3. The molecule has 0 aliphatic rings. The standard InChI is InChI=1S/C35H43N9O5/c1-23-20-29(45)43(18-8-16-41(3)4)34(48)31(23)39-37-26-14-12-25(13-15-26)33(47)36-27-10-7-11-28(22-27)38-40-32-24(2)21-30(46)44(35(32)49)19-9-17-42(5)6/h7,10-15,20-22,48-49H,8-9,16-19H2,1-6H3,(H,36,47). The number of nitrogens with one attached hydrogen (secondary N) is 1. The molecule has 49 heavy (non-hydrogen) atoms. The van der Waals surface area contributed by atoms with Gasteiger partial charge < -0.3 is 25.3 Å². The van der Waals surface area contributed by atoms with Crippen molar-refractivity contribution in [2.24, 2.45) is 20.5 Å². The summed E-state index contributed by atoms with van der Waals surface area (Å²) < 4.78 is 2.57. The van der Waals surface area contributed by atoms with Crippen LogP contribution in [0.1, 0.15) is 34.3 Å². The molecule has 4 rings (SSSR count). The summed E-state index contributed by atoms with van der Waals surface area (Å²) in [6.07, 6.45) is 1.35. The Kier molecular flexibility index (Phi) is 12.3. The van der Waals surface area contributed by atoms with Crippen LogP contribution in [0.5, 0.6) is 11.8 Å². The van der Waals surface area contributed by atoms with Crippen LogP contribution in [0.15, 0.2) is 90.7 Å². The molecule has 0 fully saturated rings. The third-order valence-corrected chi connectivity index (χ3v) is 7.63. The SMILES string of the molecule is Cc1cc(=O)n(CCCN(C)C)c(O)c1N=Nc1ccc(C(=O)Nc2cccc(N=Nc3c(C)cc(=O)n(CCCN(C)C)c3O)c2)cc1. The van der Waals surface area contributed by atoms with Gasteiger partial charge in [0.1, 0.15) is 11.4 Å². The first kappa shape index (κ1) is 36.4. The van der Waals surface area contributed by atoms with E-state index in [1.807, 2.05) is 38.0 Å². The van der Waals surface area contributed by atoms with E-state index >= 15 is 0 Å². The van der Waals surface area contributed by atoms with Gasteiger partial charge in [0.2, 0.25) is 11.8 Å². The van der Waals surface area contributed by atoms with Crippen LogP contribution in [0, 0.1) is 13.8 Å². The fourth-order valence-corrected chi connectivity index (χ4v) is 4.99. The average molecular weight is 670 g/mol. The van der Waals surface area contributed by atoms with Crippen LogP contribution in [0.2, 0.25) is 0 Å². The number of carbonyl (C=O) groups excluding carboxylic acids is 1. The Morgan fingerprint density at radius 2 is 1.18 bits per heavy atom. The monoisotopic (exact) mass is 669 g/mol. The Morgan fingerprint density at radius 3 is 1.67 bits per heavy atom. The lowest BCUT2D eigenvalue weighted by atomic mass is 10.2. The number of carbonyl (C=O) groups is 1. The number of aromatic hydroxyl groups is 2. The molecule has 0 aliphatic carbocycles. The van der Waals surface area contributed by atoms with Crippen molar-refractivity contribution in [1.29, 1.82) is 0 Å². The maximum atomic E-state index is 13.0. The zero-order valence-electron chi connectivity index (χ0n) is 28.7. The minimum atomic E-state index is -0.367. The van der Waals surface area contributed by atoms with Crippen LogP contribution in [-0.2, 0) is 13.1 Å². The second-order valence-corrected chi connectivity index (χ2v) is 12.2. The summed E-state index contributed by atoms with van der Waals surface area (Å²) in [5.41, 5.74) is 2.51. The predicted molar refractivity (Wildman–Crippen MR) is 190 cm³/mol. The minimum absolute atomic E-state index is 0.197. The molecule has 0 saturated heterocycles. The summed E-state index contributed by atoms with van der Waals surface area (Å²) in [5.74, 6) is -0.850. The van der Waals surface area contributed by atoms with Crippen LogP contribution >= 0.6 is 0 Å². The molecule has 2 aromatic carbocycles. The number of rotatable bonds is 14. The zero-order chi connectivity index (χ0) is 35.7. The summed E-state index contributed by atoms with van der Waals surface area (Å²) in [4.78, 5) is 41.9. The van der Waals surface area contributed by atoms with E-state index in [-0.39, 0.29) is 40.2 Å². The first-order valence-corrected chi connectivity index (χ1v) is 15.8. The molecule has 0 aliphatic heterocycles. The van der Waals surface area contributed by atoms with E-state index in [1.165, 1.54) is 21.3 Å². The molecule has 258 valence electrons. The molecule has 2 aromatic heterocycles. The number of nitrogens with zero attached hydrogens (tertiary/aromatic N) is 8. The summed E-state index contributed by atoms with van der Waals surface area (Å²) in [7, 11) is 7.76. The van der Waals surface area contributed by atoms with Gasteiger partial charge >= 0.3 is 0 Å². The van der Waals surface area contributed by atoms with Gasteiger partial charge in [-0.3, -0.25) is 23.5 Å². The maximum Gasteiger partial charge on any atom is 0.255 e. The highest BCUT2D eigenvalue weighted by Crippen LogP contribution is 2.32. The molecule has 1 amide bonds. The van der Waals surface area contributed by atoms with Crippen molar-refractivity contribution in [3.05, 3.63) is 98.1 Å². The third kappa shape index (κ3) is 9.78. The highest BCUT2D eigenvalue weighted by Gasteiger charge is 2.15. The summed E-state index contributed by atoms with van der Waals surface area (Å²) in [6, 6.07) is 16.1. The van der Waals surface area contributed by atoms with Crippen molar-refractivity contribution in [2.45, 2.75) is 39.8 Å². The van der Waals surface area contributed by atoms with Crippen LogP contribution in [0.4, 0.5) is 28.4 Å². The van der Waals surface area contributed by atoms with Gasteiger partial charge in [0.25, 0.3) is 17.0 Å². The molecule has 2 heterocycles. The van der Waals surface area contributed by atoms with Gasteiger partial charge in [-0.2, -0.15) is 10.2 Å². The molecule has 0 saturated carbocycles. The van der Waals surface area contributed by atoms with Gasteiger partial charge in [-0.25, -0.2) is 0 Å². The van der Waals surface area contributed by atoms with Crippen molar-refractivity contribution in [3.63, 3.8) is 0 Å². The highest BCUT2D eigenvalue weighted by atomic mass is 16.3. The molecule has 0 atom stereocenters. The molecular weight excluding hydrogens is 626 g/mol. The molecule has 4 aromatic rings. The van der Waals surface area contributed by atoms with E-state index in [1.54, 1.807) is 62.4 Å². The molecule has 0 bridgehead atoms. The number of hydrogen-bond acceptors (Lipinski definition) is 11. The Balaban J connectivity index is 1.44. The lowest BCUT2D eigenvalue weighted by Crippen LogP contribution is -2.22. The fraction of sp³-hybridized carbons (Fsp3) is 0.343. The van der Waals surface area contributed by atoms with Crippen molar-refractivity contribution in [3.8, 4) is 11.8 Å². The third-order valence-electron chi connectivity index (χ3n) is 7.63. The van der Waals surface area contributed by atoms with Gasteiger partial charge in [0.15, 0.2) is 0 Å². The molecule has 0 radical (unpaired) electrons. The smallest absolute Gasteiger partial charge is 0.255 e. The van der Waals surface area contributed by atoms with E-state index in [0.29, 0.717) is 59.7 Å². The number of benzene rings is 2. The number of anilines is 1. The first-order valence-electron chi connectivity index (χ1n) is 15.8. The fourth-order valence-electron chi connectivity index (χ4n) is 4.99. The van der Waals surface area contributed by atoms with Gasteiger partial charge in [-0.1, -0.05) is 6.07 Å². The molecule has 0 unspecified atom stereocenters. The van der Waals surface area contributed by atoms with Crippen LogP contribution in [0.25, 0.3) is 0 Å². The summed E-state index contributed by atoms with van der Waals surface area (Å²) in [5, 5.41) is 41.3. The van der Waals surface area contributed by atoms with Crippen LogP contribution < -0.4 is 16.4 Å². The first-order chi connectivity index (χ1) is 23.3. The number of pyridine rings is 2. The molecule has 0 spiro atoms. The Labute approximate surface area is 284 Å². The number of aryl methyl sites for hydroxylation is 2. The topological polar surface area (TPSA) is 169 Å². The Hall–Kier alpha value is -5.47. The predicted octanol–water partition coefficient (Wildman–Crippen LogP) is 6.02. The van der Waals surface area contributed by atoms with E-state index in [0.717, 1.165) is 13.1 Å². The van der Waals surface area contributed by atoms with E-state index in [4.69, 9.17) is 0 Å². The van der Waals surface area contributed by atoms with Gasteiger partial charge in [-0.05, 0) is 122 Å². The van der Waals surface area contributed by atoms with Gasteiger partial charge in [0.05, 0.1) is 11.4 Å². The van der Waals surface area contributed by atoms with E-state index < -0.39 is 0 Å². The summed E-state index contributed by atoms with van der Waals surface area (Å²) >= 11 is 0. The zero-order valence-corrected chi connectivity index (χ0v) is 28.7. The second-order valence-electron chi connectivity index (χ2n) is 12.2. The largest absolute Gasteiger partial charge is 0.493 e. The Morgan fingerprint density at radius 1 is 0.694 bits per heavy atom. The minimum Gasteiger partial charge on any atom is -0.493 e. The lowest BCUT2D eigenvalue weighted by molar-refractivity contribution is 0.102. The van der Waals surface area contributed by atoms with E-state index in [9.17, 15) is 24.6 Å². The highest BCUT2D eigenvalue weighted by molar-refractivity contribution is 6.04. The van der Waals surface area contributed by atoms with Crippen molar-refractivity contribution >= 4 is 34.3 Å². The quantitative estimate of drug-likeness (QED) is 0.138. The van der Waals surface area contributed by atoms with E-state index in [2.05, 4.69) is 25.8 Å². The second kappa shape index (κ2) is 16.6. The van der Waals surface area contributed by atoms with Gasteiger partial charge in [-0.15, -0.1) is 10.2 Å². The number of amides is 1. The number of aromatic nitrogens is 2. The number of azo groups is 2. The van der Waals surface area contributed by atoms with Gasteiger partial charge in [0, 0.05) is 36.5 Å². The van der Waals surface area contributed by atoms with Crippen molar-refractivity contribution in [1.82, 2.24) is 18.9 Å². The lowest BCUT2D eigenvalue weighted by Gasteiger charge is -2.13. The molecular formula is C35H43N9O5. The molecule has 14 nitrogen and oxygen atoms in total. The normalized spacial score (nSPS) is 11.8. The van der Waals surface area contributed by atoms with Crippen LogP contribution in [0.3, 0.4) is 0 Å². The Bertz CT molecular complexity index is 1960. The van der Waals surface area contributed by atoms with Crippen LogP contribution in [-0.4, -0.2) is 76.3 Å². The van der Waals surface area contributed by atoms with Crippen molar-refractivity contribution in [2.75, 3.05) is 46.6 Å². The molecule has 3 N–H and O–H groups in total. The molecule has 14 heteroatoms. The van der Waals surface area contributed by atoms with Crippen molar-refractivity contribution < 1.29 is 15.0 Å². The maximum absolute atomic E-state index is 13.0.